The number of aromatic nitrogens is 1. The van der Waals surface area contributed by atoms with E-state index in [9.17, 15) is 9.18 Å². The monoisotopic (exact) mass is 459 g/mol. The van der Waals surface area contributed by atoms with Gasteiger partial charge in [0.2, 0.25) is 5.91 Å². The van der Waals surface area contributed by atoms with Gasteiger partial charge in [0.05, 0.1) is 5.92 Å². The van der Waals surface area contributed by atoms with Gasteiger partial charge in [-0.25, -0.2) is 4.39 Å². The maximum atomic E-state index is 13.5. The highest BCUT2D eigenvalue weighted by Gasteiger charge is 2.57. The molecule has 166 valence electrons. The zero-order chi connectivity index (χ0) is 23.2. The van der Waals surface area contributed by atoms with E-state index in [1.165, 1.54) is 17.0 Å². The number of carbonyl (C=O) groups excluding carboxylic acids is 1. The van der Waals surface area contributed by atoms with E-state index in [0.717, 1.165) is 27.3 Å². The van der Waals surface area contributed by atoms with Crippen molar-refractivity contribution in [3.8, 4) is 23.0 Å². The Hall–Kier alpha value is -3.70. The summed E-state index contributed by atoms with van der Waals surface area (Å²) in [6.07, 6.45) is 3.54. The fourth-order valence-corrected chi connectivity index (χ4v) is 5.72. The minimum Gasteiger partial charge on any atom is -0.368 e. The summed E-state index contributed by atoms with van der Waals surface area (Å²) in [4.78, 5) is 22.0. The normalized spacial score (nSPS) is 22.0. The van der Waals surface area contributed by atoms with Crippen LogP contribution in [0.4, 0.5) is 10.1 Å². The van der Waals surface area contributed by atoms with Crippen LogP contribution in [-0.2, 0) is 10.3 Å². The summed E-state index contributed by atoms with van der Waals surface area (Å²) < 4.78 is 13.5. The van der Waals surface area contributed by atoms with E-state index >= 15 is 0 Å². The van der Waals surface area contributed by atoms with Crippen molar-refractivity contribution < 1.29 is 9.18 Å². The number of guanidine groups is 1. The van der Waals surface area contributed by atoms with Crippen molar-refractivity contribution >= 4 is 28.9 Å². The SMILES string of the molecule is CC#Cc1cncc(-c2csc([C@]34CN(c5ccc(F)cc5)CC3C(=O)N(C)C(=N)N4)c2)c1. The van der Waals surface area contributed by atoms with Gasteiger partial charge in [0, 0.05) is 54.2 Å². The highest BCUT2D eigenvalue weighted by Crippen LogP contribution is 2.45. The van der Waals surface area contributed by atoms with Crippen molar-refractivity contribution in [3.63, 3.8) is 0 Å². The second-order valence-electron chi connectivity index (χ2n) is 8.29. The Bertz CT molecular complexity index is 1310. The Morgan fingerprint density at radius 3 is 2.79 bits per heavy atom. The molecule has 6 nitrogen and oxygen atoms in total. The molecule has 0 radical (unpaired) electrons. The van der Waals surface area contributed by atoms with Crippen molar-refractivity contribution in [3.05, 3.63) is 70.4 Å². The van der Waals surface area contributed by atoms with Gasteiger partial charge in [-0.15, -0.1) is 17.3 Å². The number of fused-ring (bicyclic) bond motifs is 1. The van der Waals surface area contributed by atoms with Crippen molar-refractivity contribution in [2.45, 2.75) is 12.5 Å². The first kappa shape index (κ1) is 21.2. The smallest absolute Gasteiger partial charge is 0.236 e. The number of nitrogens with one attached hydrogen (secondary N) is 2. The predicted octanol–water partition coefficient (Wildman–Crippen LogP) is 3.65. The maximum Gasteiger partial charge on any atom is 0.236 e. The molecule has 2 N–H and O–H groups in total. The molecule has 2 aliphatic heterocycles. The number of halogens is 1. The molecule has 2 saturated heterocycles. The third-order valence-electron chi connectivity index (χ3n) is 6.32. The van der Waals surface area contributed by atoms with Gasteiger partial charge in [-0.2, -0.15) is 0 Å². The molecule has 3 aromatic rings. The van der Waals surface area contributed by atoms with Gasteiger partial charge >= 0.3 is 0 Å². The van der Waals surface area contributed by atoms with Gasteiger partial charge in [-0.3, -0.25) is 20.1 Å². The fraction of sp³-hybridized carbons (Fsp3) is 0.240. The van der Waals surface area contributed by atoms with Crippen LogP contribution in [0.25, 0.3) is 11.1 Å². The summed E-state index contributed by atoms with van der Waals surface area (Å²) in [5, 5.41) is 13.8. The van der Waals surface area contributed by atoms with Crippen LogP contribution in [0.3, 0.4) is 0 Å². The Kier molecular flexibility index (Phi) is 5.14. The molecular weight excluding hydrogens is 437 g/mol. The molecule has 2 atom stereocenters. The van der Waals surface area contributed by atoms with Crippen molar-refractivity contribution in [2.24, 2.45) is 5.92 Å². The van der Waals surface area contributed by atoms with Crippen molar-refractivity contribution in [1.82, 2.24) is 15.2 Å². The first-order valence-corrected chi connectivity index (χ1v) is 11.4. The molecule has 1 amide bonds. The number of pyridine rings is 1. The average molecular weight is 460 g/mol. The Morgan fingerprint density at radius 1 is 1.24 bits per heavy atom. The van der Waals surface area contributed by atoms with Crippen molar-refractivity contribution in [1.29, 1.82) is 5.41 Å². The summed E-state index contributed by atoms with van der Waals surface area (Å²) in [6.45, 7) is 2.76. The Morgan fingerprint density at radius 2 is 2.03 bits per heavy atom. The van der Waals surface area contributed by atoms with Crippen LogP contribution in [0, 0.1) is 29.0 Å². The molecule has 2 fully saturated rings. The zero-order valence-electron chi connectivity index (χ0n) is 18.2. The molecule has 4 heterocycles. The van der Waals surface area contributed by atoms with Crippen LogP contribution >= 0.6 is 11.3 Å². The van der Waals surface area contributed by atoms with E-state index in [1.54, 1.807) is 49.8 Å². The topological polar surface area (TPSA) is 72.3 Å². The van der Waals surface area contributed by atoms with Gasteiger partial charge in [-0.05, 0) is 54.3 Å². The first-order valence-electron chi connectivity index (χ1n) is 10.5. The minimum atomic E-state index is -0.744. The highest BCUT2D eigenvalue weighted by atomic mass is 32.1. The van der Waals surface area contributed by atoms with E-state index in [2.05, 4.69) is 38.5 Å². The van der Waals surface area contributed by atoms with E-state index in [-0.39, 0.29) is 23.6 Å². The van der Waals surface area contributed by atoms with E-state index in [0.29, 0.717) is 13.1 Å². The molecule has 1 unspecified atom stereocenters. The Labute approximate surface area is 195 Å². The molecule has 1 aromatic carbocycles. The first-order chi connectivity index (χ1) is 15.9. The number of hydrogen-bond acceptors (Lipinski definition) is 5. The molecule has 0 spiro atoms. The predicted molar refractivity (Wildman–Crippen MR) is 128 cm³/mol. The number of anilines is 1. The molecule has 2 aromatic heterocycles. The number of benzene rings is 1. The summed E-state index contributed by atoms with van der Waals surface area (Å²) in [7, 11) is 1.62. The molecule has 0 bridgehead atoms. The molecule has 33 heavy (non-hydrogen) atoms. The second-order valence-corrected chi connectivity index (χ2v) is 9.20. The lowest BCUT2D eigenvalue weighted by molar-refractivity contribution is -0.133. The largest absolute Gasteiger partial charge is 0.368 e. The van der Waals surface area contributed by atoms with Gasteiger partial charge in [0.1, 0.15) is 11.4 Å². The van der Waals surface area contributed by atoms with Crippen LogP contribution in [0.1, 0.15) is 17.4 Å². The highest BCUT2D eigenvalue weighted by molar-refractivity contribution is 7.10. The summed E-state index contributed by atoms with van der Waals surface area (Å²) in [5.41, 5.74) is 2.90. The number of thiophene rings is 1. The summed E-state index contributed by atoms with van der Waals surface area (Å²) in [6, 6.07) is 10.4. The van der Waals surface area contributed by atoms with Crippen LogP contribution in [0.2, 0.25) is 0 Å². The van der Waals surface area contributed by atoms with Crippen molar-refractivity contribution in [2.75, 3.05) is 25.0 Å². The van der Waals surface area contributed by atoms with E-state index in [1.807, 2.05) is 6.07 Å². The third-order valence-corrected chi connectivity index (χ3v) is 7.42. The number of hydrogen-bond donors (Lipinski definition) is 2. The molecular formula is C25H22FN5OS. The lowest BCUT2D eigenvalue weighted by Crippen LogP contribution is -2.64. The molecule has 2 aliphatic rings. The quantitative estimate of drug-likeness (QED) is 0.587. The lowest BCUT2D eigenvalue weighted by Gasteiger charge is -2.42. The molecule has 5 rings (SSSR count). The maximum absolute atomic E-state index is 13.5. The van der Waals surface area contributed by atoms with E-state index in [4.69, 9.17) is 5.41 Å². The zero-order valence-corrected chi connectivity index (χ0v) is 19.0. The number of rotatable bonds is 3. The fourth-order valence-electron chi connectivity index (χ4n) is 4.60. The van der Waals surface area contributed by atoms with Crippen LogP contribution in [0.5, 0.6) is 0 Å². The molecule has 0 aliphatic carbocycles. The van der Waals surface area contributed by atoms with Gasteiger partial charge in [0.15, 0.2) is 5.96 Å². The van der Waals surface area contributed by atoms with Gasteiger partial charge in [-0.1, -0.05) is 5.92 Å². The van der Waals surface area contributed by atoms with Gasteiger partial charge < -0.3 is 10.2 Å². The summed E-state index contributed by atoms with van der Waals surface area (Å²) in [5.74, 6) is 5.23. The lowest BCUT2D eigenvalue weighted by atomic mass is 9.82. The third kappa shape index (κ3) is 3.55. The standard InChI is InChI=1S/C25H22FN5OS/c1-3-4-16-9-17(12-28-11-16)18-10-22(33-14-18)25-15-31(20-7-5-19(26)6-8-20)13-21(25)23(32)30(2)24(27)29-25/h5-12,14,21H,13,15H2,1-2H3,(H2,27,29)/t21?,25-/m0/s1. The Balaban J connectivity index is 1.56. The average Bonchev–Trinajstić information content (AvgIpc) is 3.45. The second kappa shape index (κ2) is 8.01. The van der Waals surface area contributed by atoms with Crippen LogP contribution in [-0.4, -0.2) is 41.9 Å². The van der Waals surface area contributed by atoms with Crippen LogP contribution < -0.4 is 10.2 Å². The number of amides is 1. The number of carbonyl (C=O) groups is 1. The van der Waals surface area contributed by atoms with E-state index < -0.39 is 5.54 Å². The summed E-state index contributed by atoms with van der Waals surface area (Å²) >= 11 is 1.56. The molecule has 8 heteroatoms. The van der Waals surface area contributed by atoms with Crippen LogP contribution in [0.15, 0.2) is 54.2 Å². The number of nitrogens with zero attached hydrogens (tertiary/aromatic N) is 3. The van der Waals surface area contributed by atoms with Gasteiger partial charge in [0.25, 0.3) is 0 Å². The minimum absolute atomic E-state index is 0.0778. The molecule has 0 saturated carbocycles.